The maximum absolute atomic E-state index is 9.31. The maximum atomic E-state index is 9.31. The van der Waals surface area contributed by atoms with Crippen molar-refractivity contribution in [1.82, 2.24) is 14.8 Å². The van der Waals surface area contributed by atoms with Crippen molar-refractivity contribution in [2.75, 3.05) is 6.61 Å². The first-order chi connectivity index (χ1) is 11.8. The van der Waals surface area contributed by atoms with Gasteiger partial charge in [0.2, 0.25) is 0 Å². The molecule has 0 saturated heterocycles. The molecule has 1 aliphatic rings. The van der Waals surface area contributed by atoms with E-state index in [-0.39, 0.29) is 6.61 Å². The van der Waals surface area contributed by atoms with Gasteiger partial charge in [-0.3, -0.25) is 9.56 Å². The third-order valence-corrected chi connectivity index (χ3v) is 4.51. The molecule has 1 aromatic heterocycles. The molecule has 1 aliphatic heterocycles. The van der Waals surface area contributed by atoms with Gasteiger partial charge in [0.1, 0.15) is 12.4 Å². The molecule has 3 aromatic rings. The van der Waals surface area contributed by atoms with Crippen molar-refractivity contribution in [1.29, 1.82) is 0 Å². The zero-order valence-electron chi connectivity index (χ0n) is 12.9. The Morgan fingerprint density at radius 3 is 2.71 bits per heavy atom. The number of aliphatic imine (C=N–C) groups is 1. The van der Waals surface area contributed by atoms with E-state index in [0.717, 1.165) is 38.6 Å². The molecule has 0 fully saturated rings. The summed E-state index contributed by atoms with van der Waals surface area (Å²) in [6.45, 7) is 0.491. The molecule has 0 bridgehead atoms. The topological polar surface area (TPSA) is 63.3 Å². The van der Waals surface area contributed by atoms with E-state index >= 15 is 0 Å². The Bertz CT molecular complexity index is 918. The lowest BCUT2D eigenvalue weighted by atomic mass is 10.0. The van der Waals surface area contributed by atoms with Crippen LogP contribution < -0.4 is 0 Å². The highest BCUT2D eigenvalue weighted by molar-refractivity contribution is 9.10. The van der Waals surface area contributed by atoms with Crippen LogP contribution in [-0.4, -0.2) is 32.2 Å². The zero-order chi connectivity index (χ0) is 16.5. The Morgan fingerprint density at radius 1 is 1.08 bits per heavy atom. The quantitative estimate of drug-likeness (QED) is 0.757. The molecule has 24 heavy (non-hydrogen) atoms. The van der Waals surface area contributed by atoms with E-state index in [0.29, 0.717) is 13.0 Å². The summed E-state index contributed by atoms with van der Waals surface area (Å²) in [6.07, 6.45) is 0.461. The van der Waals surface area contributed by atoms with E-state index < -0.39 is 0 Å². The first kappa shape index (κ1) is 15.2. The second kappa shape index (κ2) is 6.30. The highest BCUT2D eigenvalue weighted by atomic mass is 79.9. The van der Waals surface area contributed by atoms with Crippen LogP contribution in [0.3, 0.4) is 0 Å². The molecule has 0 spiro atoms. The zero-order valence-corrected chi connectivity index (χ0v) is 14.4. The van der Waals surface area contributed by atoms with Crippen LogP contribution in [0, 0.1) is 0 Å². The number of nitrogens with zero attached hydrogens (tertiary/aromatic N) is 4. The number of hydrogen-bond acceptors (Lipinski definition) is 4. The molecule has 0 radical (unpaired) electrons. The smallest absolute Gasteiger partial charge is 0.159 e. The van der Waals surface area contributed by atoms with Crippen LogP contribution in [0.25, 0.3) is 5.69 Å². The van der Waals surface area contributed by atoms with Gasteiger partial charge >= 0.3 is 0 Å². The summed E-state index contributed by atoms with van der Waals surface area (Å²) in [4.78, 5) is 4.80. The van der Waals surface area contributed by atoms with E-state index in [1.165, 1.54) is 0 Å². The van der Waals surface area contributed by atoms with Crippen molar-refractivity contribution < 1.29 is 5.11 Å². The summed E-state index contributed by atoms with van der Waals surface area (Å²) in [6, 6.07) is 16.2. The van der Waals surface area contributed by atoms with Crippen LogP contribution in [0.15, 0.2) is 58.0 Å². The van der Waals surface area contributed by atoms with Crippen molar-refractivity contribution in [2.24, 2.45) is 4.99 Å². The van der Waals surface area contributed by atoms with Gasteiger partial charge < -0.3 is 5.11 Å². The Kier molecular flexibility index (Phi) is 4.00. The lowest BCUT2D eigenvalue weighted by Crippen LogP contribution is -2.10. The van der Waals surface area contributed by atoms with Gasteiger partial charge in [0.15, 0.2) is 5.82 Å². The molecule has 0 atom stereocenters. The summed E-state index contributed by atoms with van der Waals surface area (Å²) in [7, 11) is 0. The molecular formula is C18H15BrN4O. The number of fused-ring (bicyclic) bond motifs is 3. The Labute approximate surface area is 147 Å². The molecule has 0 amide bonds. The molecular weight excluding hydrogens is 368 g/mol. The third-order valence-electron chi connectivity index (χ3n) is 4.01. The number of aromatic nitrogens is 3. The van der Waals surface area contributed by atoms with Crippen LogP contribution >= 0.6 is 15.9 Å². The summed E-state index contributed by atoms with van der Waals surface area (Å²) in [5.41, 5.74) is 4.02. The van der Waals surface area contributed by atoms with Gasteiger partial charge in [-0.1, -0.05) is 46.3 Å². The van der Waals surface area contributed by atoms with Crippen molar-refractivity contribution in [2.45, 2.75) is 13.0 Å². The average molecular weight is 383 g/mol. The Balaban J connectivity index is 1.96. The number of rotatable bonds is 3. The number of halogens is 1. The van der Waals surface area contributed by atoms with Gasteiger partial charge in [-0.25, -0.2) is 0 Å². The highest BCUT2D eigenvalue weighted by Gasteiger charge is 2.22. The highest BCUT2D eigenvalue weighted by Crippen LogP contribution is 2.28. The van der Waals surface area contributed by atoms with Gasteiger partial charge in [0.05, 0.1) is 18.0 Å². The molecule has 0 unspecified atom stereocenters. The molecule has 0 saturated carbocycles. The van der Waals surface area contributed by atoms with E-state index in [9.17, 15) is 5.11 Å². The molecule has 6 heteroatoms. The predicted octanol–water partition coefficient (Wildman–Crippen LogP) is 2.92. The predicted molar refractivity (Wildman–Crippen MR) is 95.6 cm³/mol. The summed E-state index contributed by atoms with van der Waals surface area (Å²) >= 11 is 3.56. The lowest BCUT2D eigenvalue weighted by Gasteiger charge is -2.13. The molecule has 120 valence electrons. The summed E-state index contributed by atoms with van der Waals surface area (Å²) in [5, 5.41) is 17.8. The van der Waals surface area contributed by atoms with E-state index in [1.807, 2.05) is 34.9 Å². The van der Waals surface area contributed by atoms with Crippen molar-refractivity contribution >= 4 is 21.6 Å². The van der Waals surface area contributed by atoms with Crippen LogP contribution in [0.5, 0.6) is 0 Å². The van der Waals surface area contributed by atoms with Crippen LogP contribution in [-0.2, 0) is 13.0 Å². The van der Waals surface area contributed by atoms with Gasteiger partial charge in [0.25, 0.3) is 0 Å². The molecule has 2 aromatic carbocycles. The molecule has 2 heterocycles. The molecule has 1 N–H and O–H groups in total. The maximum Gasteiger partial charge on any atom is 0.159 e. The second-order valence-corrected chi connectivity index (χ2v) is 6.45. The second-order valence-electron chi connectivity index (χ2n) is 5.53. The van der Waals surface area contributed by atoms with Crippen LogP contribution in [0.2, 0.25) is 0 Å². The first-order valence-corrected chi connectivity index (χ1v) is 8.51. The van der Waals surface area contributed by atoms with Crippen molar-refractivity contribution in [3.05, 3.63) is 75.8 Å². The standard InChI is InChI=1S/C18H15BrN4O/c19-13-6-7-15-14(10-13)18(12-4-2-1-3-5-12)20-11-17-22-21-16(8-9-24)23(15)17/h1-7,10,24H,8-9,11H2. The van der Waals surface area contributed by atoms with Crippen molar-refractivity contribution in [3.63, 3.8) is 0 Å². The van der Waals surface area contributed by atoms with E-state index in [1.54, 1.807) is 0 Å². The minimum absolute atomic E-state index is 0.0381. The minimum Gasteiger partial charge on any atom is -0.396 e. The number of aliphatic hydroxyl groups excluding tert-OH is 1. The van der Waals surface area contributed by atoms with Gasteiger partial charge in [-0.2, -0.15) is 0 Å². The number of aliphatic hydroxyl groups is 1. The summed E-state index contributed by atoms with van der Waals surface area (Å²) in [5.74, 6) is 1.54. The van der Waals surface area contributed by atoms with Gasteiger partial charge in [0, 0.05) is 22.0 Å². The molecule has 0 aliphatic carbocycles. The minimum atomic E-state index is 0.0381. The number of benzene rings is 2. The summed E-state index contributed by atoms with van der Waals surface area (Å²) < 4.78 is 3.00. The first-order valence-electron chi connectivity index (χ1n) is 7.72. The number of hydrogen-bond donors (Lipinski definition) is 1. The molecule has 4 rings (SSSR count). The van der Waals surface area contributed by atoms with Gasteiger partial charge in [-0.05, 0) is 18.2 Å². The molecule has 5 nitrogen and oxygen atoms in total. The van der Waals surface area contributed by atoms with Gasteiger partial charge in [-0.15, -0.1) is 10.2 Å². The fraction of sp³-hybridized carbons (Fsp3) is 0.167. The fourth-order valence-electron chi connectivity index (χ4n) is 2.97. The third kappa shape index (κ3) is 2.57. The van der Waals surface area contributed by atoms with Crippen LogP contribution in [0.1, 0.15) is 22.8 Å². The van der Waals surface area contributed by atoms with Crippen molar-refractivity contribution in [3.8, 4) is 5.69 Å². The normalized spacial score (nSPS) is 13.0. The monoisotopic (exact) mass is 382 g/mol. The Morgan fingerprint density at radius 2 is 1.92 bits per heavy atom. The van der Waals surface area contributed by atoms with Crippen LogP contribution in [0.4, 0.5) is 0 Å². The van der Waals surface area contributed by atoms with E-state index in [2.05, 4.69) is 44.3 Å². The lowest BCUT2D eigenvalue weighted by molar-refractivity contribution is 0.296. The SMILES string of the molecule is OCCc1nnc2n1-c1ccc(Br)cc1C(c1ccccc1)=NC2. The largest absolute Gasteiger partial charge is 0.396 e. The Hall–Kier alpha value is -2.31. The average Bonchev–Trinajstić information content (AvgIpc) is 2.92. The van der Waals surface area contributed by atoms with E-state index in [4.69, 9.17) is 4.99 Å². The fourth-order valence-corrected chi connectivity index (χ4v) is 3.33.